The minimum absolute atomic E-state index is 0.0380. The molecule has 0 saturated heterocycles. The lowest BCUT2D eigenvalue weighted by Gasteiger charge is -2.11. The topological polar surface area (TPSA) is 39.2 Å². The van der Waals surface area contributed by atoms with Crippen LogP contribution in [0.15, 0.2) is 6.20 Å². The normalized spacial score (nSPS) is 11.4. The van der Waals surface area contributed by atoms with Crippen LogP contribution in [0.4, 0.5) is 8.78 Å². The smallest absolute Gasteiger partial charge is 0.382 e. The van der Waals surface area contributed by atoms with Crippen molar-refractivity contribution in [2.24, 2.45) is 0 Å². The Hall–Kier alpha value is -0.750. The van der Waals surface area contributed by atoms with Crippen LogP contribution < -0.4 is 0 Å². The van der Waals surface area contributed by atoms with Crippen molar-refractivity contribution in [3.05, 3.63) is 15.5 Å². The van der Waals surface area contributed by atoms with Gasteiger partial charge in [0.05, 0.1) is 6.61 Å². The van der Waals surface area contributed by atoms with Crippen molar-refractivity contribution in [2.75, 3.05) is 6.61 Å². The summed E-state index contributed by atoms with van der Waals surface area (Å²) in [6.45, 7) is 1.36. The Morgan fingerprint density at radius 3 is 2.86 bits per heavy atom. The highest BCUT2D eigenvalue weighted by Crippen LogP contribution is 2.34. The highest BCUT2D eigenvalue weighted by atomic mass is 35.5. The van der Waals surface area contributed by atoms with Crippen LogP contribution in [0.2, 0.25) is 4.47 Å². The van der Waals surface area contributed by atoms with Crippen LogP contribution in [0.5, 0.6) is 0 Å². The number of hydrogen-bond acceptors (Lipinski definition) is 4. The first-order valence-corrected chi connectivity index (χ1v) is 4.84. The zero-order valence-corrected chi connectivity index (χ0v) is 8.66. The molecule has 0 N–H and O–H groups in total. The van der Waals surface area contributed by atoms with Gasteiger partial charge in [-0.3, -0.25) is 0 Å². The largest absolute Gasteiger partial charge is 0.461 e. The average Bonchev–Trinajstić information content (AvgIpc) is 2.52. The molecule has 0 spiro atoms. The summed E-state index contributed by atoms with van der Waals surface area (Å²) < 4.78 is 30.6. The van der Waals surface area contributed by atoms with Crippen molar-refractivity contribution in [3.63, 3.8) is 0 Å². The van der Waals surface area contributed by atoms with Crippen LogP contribution in [0.25, 0.3) is 0 Å². The maximum absolute atomic E-state index is 13.2. The molecule has 0 aliphatic carbocycles. The summed E-state index contributed by atoms with van der Waals surface area (Å²) in [4.78, 5) is 13.7. The summed E-state index contributed by atoms with van der Waals surface area (Å²) in [5, 5.41) is 0. The predicted octanol–water partition coefficient (Wildman–Crippen LogP) is 2.45. The molecule has 1 aromatic heterocycles. The van der Waals surface area contributed by atoms with E-state index in [2.05, 4.69) is 9.72 Å². The Morgan fingerprint density at radius 1 is 1.79 bits per heavy atom. The van der Waals surface area contributed by atoms with Crippen LogP contribution >= 0.6 is 22.9 Å². The molecule has 78 valence electrons. The van der Waals surface area contributed by atoms with Crippen LogP contribution in [0, 0.1) is 0 Å². The van der Waals surface area contributed by atoms with Gasteiger partial charge in [-0.25, -0.2) is 9.78 Å². The molecule has 7 heteroatoms. The van der Waals surface area contributed by atoms with Gasteiger partial charge in [0.2, 0.25) is 0 Å². The Bertz CT molecular complexity index is 342. The number of halogens is 3. The average molecular weight is 242 g/mol. The molecular formula is C7H6ClF2NO2S. The van der Waals surface area contributed by atoms with Gasteiger partial charge in [-0.05, 0) is 6.92 Å². The number of rotatable bonds is 3. The minimum Gasteiger partial charge on any atom is -0.461 e. The predicted molar refractivity (Wildman–Crippen MR) is 47.7 cm³/mol. The van der Waals surface area contributed by atoms with E-state index >= 15 is 0 Å². The number of carbonyl (C=O) groups is 1. The third-order valence-corrected chi connectivity index (χ3v) is 2.50. The molecule has 0 fully saturated rings. The molecule has 0 unspecified atom stereocenters. The zero-order chi connectivity index (χ0) is 10.8. The number of nitrogens with zero attached hydrogens (tertiary/aromatic N) is 1. The highest BCUT2D eigenvalue weighted by molar-refractivity contribution is 7.15. The molecule has 0 atom stereocenters. The van der Waals surface area contributed by atoms with E-state index in [4.69, 9.17) is 11.6 Å². The zero-order valence-electron chi connectivity index (χ0n) is 7.09. The van der Waals surface area contributed by atoms with Gasteiger partial charge in [-0.2, -0.15) is 8.78 Å². The quantitative estimate of drug-likeness (QED) is 0.763. The third-order valence-electron chi connectivity index (χ3n) is 1.32. The van der Waals surface area contributed by atoms with E-state index in [1.54, 1.807) is 0 Å². The number of hydrogen-bond donors (Lipinski definition) is 0. The van der Waals surface area contributed by atoms with Crippen LogP contribution in [0.3, 0.4) is 0 Å². The molecule has 0 saturated carbocycles. The Labute approximate surface area is 87.7 Å². The summed E-state index contributed by atoms with van der Waals surface area (Å²) in [6.07, 6.45) is 0.865. The summed E-state index contributed by atoms with van der Waals surface area (Å²) in [5.74, 6) is -5.25. The first-order valence-electron chi connectivity index (χ1n) is 3.65. The minimum atomic E-state index is -3.67. The monoisotopic (exact) mass is 241 g/mol. The van der Waals surface area contributed by atoms with Crippen molar-refractivity contribution < 1.29 is 18.3 Å². The lowest BCUT2D eigenvalue weighted by molar-refractivity contribution is -0.172. The second-order valence-corrected chi connectivity index (χ2v) is 3.89. The number of esters is 1. The number of ether oxygens (including phenoxy) is 1. The van der Waals surface area contributed by atoms with Crippen LogP contribution in [0.1, 0.15) is 11.8 Å². The Balaban J connectivity index is 2.89. The molecule has 0 aromatic carbocycles. The number of alkyl halides is 2. The molecule has 0 amide bonds. The van der Waals surface area contributed by atoms with Crippen molar-refractivity contribution in [3.8, 4) is 0 Å². The number of thiazole rings is 1. The molecule has 1 rings (SSSR count). The van der Waals surface area contributed by atoms with Gasteiger partial charge < -0.3 is 4.74 Å². The van der Waals surface area contributed by atoms with Crippen molar-refractivity contribution in [1.29, 1.82) is 0 Å². The SMILES string of the molecule is CCOC(=O)C(F)(F)c1cnc(Cl)s1. The van der Waals surface area contributed by atoms with Crippen LogP contribution in [-0.2, 0) is 15.5 Å². The lowest BCUT2D eigenvalue weighted by Crippen LogP contribution is -2.27. The first kappa shape index (κ1) is 11.3. The molecule has 0 radical (unpaired) electrons. The van der Waals surface area contributed by atoms with E-state index in [9.17, 15) is 13.6 Å². The van der Waals surface area contributed by atoms with Gasteiger partial charge in [0.15, 0.2) is 4.47 Å². The fraction of sp³-hybridized carbons (Fsp3) is 0.429. The number of aromatic nitrogens is 1. The van der Waals surface area contributed by atoms with Gasteiger partial charge >= 0.3 is 11.9 Å². The van der Waals surface area contributed by atoms with Gasteiger partial charge in [0.25, 0.3) is 0 Å². The standard InChI is InChI=1S/C7H6ClF2NO2S/c1-2-13-5(12)7(9,10)4-3-11-6(8)14-4/h3H,2H2,1H3. The molecule has 3 nitrogen and oxygen atoms in total. The second-order valence-electron chi connectivity index (χ2n) is 2.27. The van der Waals surface area contributed by atoms with Crippen molar-refractivity contribution in [1.82, 2.24) is 4.98 Å². The summed E-state index contributed by atoms with van der Waals surface area (Å²) in [5.41, 5.74) is 0. The molecule has 0 bridgehead atoms. The van der Waals surface area contributed by atoms with E-state index < -0.39 is 16.8 Å². The molecule has 0 aliphatic heterocycles. The van der Waals surface area contributed by atoms with Crippen LogP contribution in [-0.4, -0.2) is 17.6 Å². The molecule has 1 aromatic rings. The summed E-state index contributed by atoms with van der Waals surface area (Å²) in [6, 6.07) is 0. The van der Waals surface area contributed by atoms with E-state index in [0.717, 1.165) is 6.20 Å². The van der Waals surface area contributed by atoms with E-state index in [0.29, 0.717) is 11.3 Å². The fourth-order valence-corrected chi connectivity index (χ4v) is 1.62. The maximum atomic E-state index is 13.2. The molecule has 1 heterocycles. The Morgan fingerprint density at radius 2 is 2.43 bits per heavy atom. The summed E-state index contributed by atoms with van der Waals surface area (Å²) >= 11 is 5.92. The Kier molecular flexibility index (Phi) is 3.38. The third kappa shape index (κ3) is 2.19. The summed E-state index contributed by atoms with van der Waals surface area (Å²) in [7, 11) is 0. The van der Waals surface area contributed by atoms with E-state index in [1.807, 2.05) is 0 Å². The fourth-order valence-electron chi connectivity index (χ4n) is 0.720. The van der Waals surface area contributed by atoms with E-state index in [-0.39, 0.29) is 11.1 Å². The molecule has 0 aliphatic rings. The van der Waals surface area contributed by atoms with Gasteiger partial charge in [-0.15, -0.1) is 11.3 Å². The maximum Gasteiger partial charge on any atom is 0.382 e. The highest BCUT2D eigenvalue weighted by Gasteiger charge is 2.44. The van der Waals surface area contributed by atoms with Crippen molar-refractivity contribution >= 4 is 28.9 Å². The van der Waals surface area contributed by atoms with Gasteiger partial charge in [0.1, 0.15) is 4.88 Å². The number of carbonyl (C=O) groups excluding carboxylic acids is 1. The first-order chi connectivity index (χ1) is 6.48. The van der Waals surface area contributed by atoms with E-state index in [1.165, 1.54) is 6.92 Å². The molecule has 14 heavy (non-hydrogen) atoms. The lowest BCUT2D eigenvalue weighted by atomic mass is 10.3. The van der Waals surface area contributed by atoms with Gasteiger partial charge in [0, 0.05) is 6.20 Å². The van der Waals surface area contributed by atoms with Gasteiger partial charge in [-0.1, -0.05) is 11.6 Å². The second kappa shape index (κ2) is 4.18. The molecular weight excluding hydrogens is 236 g/mol. The van der Waals surface area contributed by atoms with Crippen molar-refractivity contribution in [2.45, 2.75) is 12.8 Å².